The molecule has 0 radical (unpaired) electrons. The lowest BCUT2D eigenvalue weighted by atomic mass is 9.46. The van der Waals surface area contributed by atoms with Gasteiger partial charge in [0, 0.05) is 30.9 Å². The van der Waals surface area contributed by atoms with Gasteiger partial charge in [0.15, 0.2) is 5.79 Å². The Balaban J connectivity index is 1.24. The number of methoxy groups -OCH3 is 1. The van der Waals surface area contributed by atoms with Crippen LogP contribution in [0.5, 0.6) is 0 Å². The van der Waals surface area contributed by atoms with Gasteiger partial charge in [-0.15, -0.1) is 23.5 Å². The molecule has 43 heavy (non-hydrogen) atoms. The summed E-state index contributed by atoms with van der Waals surface area (Å²) in [7, 11) is 1.37. The second kappa shape index (κ2) is 11.1. The predicted molar refractivity (Wildman–Crippen MR) is 152 cm³/mol. The van der Waals surface area contributed by atoms with Crippen LogP contribution in [0.4, 0.5) is 11.4 Å². The summed E-state index contributed by atoms with van der Waals surface area (Å²) in [5.41, 5.74) is -3.50. The minimum absolute atomic E-state index is 0.144. The maximum Gasteiger partial charge on any atom is 0.338 e. The molecule has 1 aromatic carbocycles. The molecule has 6 rings (SSSR count). The molecule has 16 heteroatoms. The highest BCUT2D eigenvalue weighted by Gasteiger charge is 2.81. The Morgan fingerprint density at radius 3 is 2.42 bits per heavy atom. The lowest BCUT2D eigenvalue weighted by Gasteiger charge is -2.63. The van der Waals surface area contributed by atoms with Gasteiger partial charge in [0.1, 0.15) is 6.61 Å². The maximum atomic E-state index is 13.5. The molecule has 0 bridgehead atoms. The van der Waals surface area contributed by atoms with Crippen molar-refractivity contribution in [3.63, 3.8) is 0 Å². The van der Waals surface area contributed by atoms with Crippen LogP contribution in [0.2, 0.25) is 0 Å². The number of fused-ring (bicyclic) bond motifs is 1. The standard InChI is InChI=1S/C27H32N2O12S2/c1-37-23(32)24-3-4-27(41-8-7-38-22(31)16-11-17(28(33)34)13-18(12-16)29(35)36)25(5-6-40-27)19(30)14-26(42-9-2-10-43-26)21(20(24)25)39-15-24/h11-13,19-21,30H,2-10,14-15H2,1H3/t19-,20+,21?,24+,25+,27-/m1/s1. The van der Waals surface area contributed by atoms with Gasteiger partial charge in [-0.1, -0.05) is 0 Å². The third-order valence-electron chi connectivity index (χ3n) is 9.72. The van der Waals surface area contributed by atoms with Gasteiger partial charge in [0.25, 0.3) is 11.4 Å². The number of hydrogen-bond acceptors (Lipinski definition) is 14. The van der Waals surface area contributed by atoms with E-state index in [1.54, 1.807) is 23.5 Å². The van der Waals surface area contributed by atoms with E-state index < -0.39 is 59.9 Å². The molecule has 3 heterocycles. The summed E-state index contributed by atoms with van der Waals surface area (Å²) in [4.78, 5) is 46.9. The number of rotatable bonds is 8. The smallest absolute Gasteiger partial charge is 0.338 e. The van der Waals surface area contributed by atoms with Crippen LogP contribution < -0.4 is 0 Å². The molecule has 1 aromatic rings. The van der Waals surface area contributed by atoms with Crippen molar-refractivity contribution in [2.24, 2.45) is 16.7 Å². The fourth-order valence-corrected chi connectivity index (χ4v) is 11.6. The van der Waals surface area contributed by atoms with Crippen molar-refractivity contribution in [2.45, 2.75) is 54.2 Å². The zero-order chi connectivity index (χ0) is 30.6. The van der Waals surface area contributed by atoms with Gasteiger partial charge < -0.3 is 28.8 Å². The summed E-state index contributed by atoms with van der Waals surface area (Å²) in [5.74, 6) is -1.20. The highest BCUT2D eigenvalue weighted by molar-refractivity contribution is 8.18. The van der Waals surface area contributed by atoms with E-state index in [1.165, 1.54) is 7.11 Å². The second-order valence-corrected chi connectivity index (χ2v) is 14.7. The monoisotopic (exact) mass is 640 g/mol. The number of aliphatic hydroxyl groups is 1. The van der Waals surface area contributed by atoms with Crippen molar-refractivity contribution in [2.75, 3.05) is 45.0 Å². The van der Waals surface area contributed by atoms with Gasteiger partial charge in [-0.2, -0.15) is 0 Å². The second-order valence-electron chi connectivity index (χ2n) is 11.6. The number of carbonyl (C=O) groups excluding carboxylic acids is 2. The van der Waals surface area contributed by atoms with Crippen molar-refractivity contribution in [1.82, 2.24) is 0 Å². The average molecular weight is 641 g/mol. The van der Waals surface area contributed by atoms with Gasteiger partial charge in [0.2, 0.25) is 0 Å². The summed E-state index contributed by atoms with van der Waals surface area (Å²) in [6.45, 7) is 0.0572. The highest BCUT2D eigenvalue weighted by atomic mass is 32.2. The zero-order valence-corrected chi connectivity index (χ0v) is 25.0. The average Bonchev–Trinajstić information content (AvgIpc) is 3.59. The topological polar surface area (TPSA) is 187 Å². The molecule has 1 unspecified atom stereocenters. The Hall–Kier alpha value is -2.50. The molecule has 5 fully saturated rings. The van der Waals surface area contributed by atoms with E-state index in [1.807, 2.05) is 0 Å². The first-order valence-electron chi connectivity index (χ1n) is 14.1. The number of aliphatic hydroxyl groups excluding tert-OH is 1. The SMILES string of the molecule is COC(=O)[C@@]12CC[C@]3(OCCOC(=O)c4cc([N+](=O)[O-])cc([N+](=O)[O-])c4)OCC[C@@]34[C@H](O)CC3(SCCCS3)C(OC1)[C@@H]24. The largest absolute Gasteiger partial charge is 0.469 e. The quantitative estimate of drug-likeness (QED) is 0.189. The van der Waals surface area contributed by atoms with E-state index in [0.29, 0.717) is 25.9 Å². The highest BCUT2D eigenvalue weighted by Crippen LogP contribution is 2.74. The zero-order valence-electron chi connectivity index (χ0n) is 23.4. The number of hydrogen-bond donors (Lipinski definition) is 1. The number of benzene rings is 1. The van der Waals surface area contributed by atoms with Crippen molar-refractivity contribution >= 4 is 46.8 Å². The van der Waals surface area contributed by atoms with E-state index in [2.05, 4.69) is 0 Å². The summed E-state index contributed by atoms with van der Waals surface area (Å²) < 4.78 is 29.4. The minimum atomic E-state index is -1.27. The van der Waals surface area contributed by atoms with Crippen LogP contribution >= 0.6 is 23.5 Å². The lowest BCUT2D eigenvalue weighted by molar-refractivity contribution is -0.394. The maximum absolute atomic E-state index is 13.5. The Morgan fingerprint density at radius 1 is 1.07 bits per heavy atom. The molecule has 5 aliphatic rings. The third kappa shape index (κ3) is 4.55. The van der Waals surface area contributed by atoms with Crippen LogP contribution in [-0.2, 0) is 28.5 Å². The fourth-order valence-electron chi connectivity index (χ4n) is 8.04. The molecule has 3 aliphatic heterocycles. The van der Waals surface area contributed by atoms with Crippen molar-refractivity contribution in [1.29, 1.82) is 0 Å². The molecule has 6 atom stereocenters. The van der Waals surface area contributed by atoms with Crippen molar-refractivity contribution < 1.29 is 48.2 Å². The van der Waals surface area contributed by atoms with Crippen molar-refractivity contribution in [3.05, 3.63) is 44.0 Å². The number of nitro benzene ring substituents is 2. The molecule has 2 aliphatic carbocycles. The number of esters is 2. The third-order valence-corrected chi connectivity index (χ3v) is 13.2. The molecule has 2 saturated carbocycles. The van der Waals surface area contributed by atoms with E-state index in [4.69, 9.17) is 23.7 Å². The lowest BCUT2D eigenvalue weighted by Crippen LogP contribution is -2.72. The van der Waals surface area contributed by atoms with Crippen molar-refractivity contribution in [3.8, 4) is 0 Å². The first-order valence-corrected chi connectivity index (χ1v) is 16.1. The Morgan fingerprint density at radius 2 is 1.77 bits per heavy atom. The number of thioether (sulfide) groups is 2. The van der Waals surface area contributed by atoms with Crippen LogP contribution in [-0.4, -0.2) is 94.0 Å². The first kappa shape index (κ1) is 30.5. The summed E-state index contributed by atoms with van der Waals surface area (Å²) >= 11 is 3.57. The Labute approximate surface area is 254 Å². The number of carbonyl (C=O) groups is 2. The fraction of sp³-hybridized carbons (Fsp3) is 0.704. The van der Waals surface area contributed by atoms with Crippen LogP contribution in [0.25, 0.3) is 0 Å². The number of non-ortho nitro benzene ring substituents is 2. The van der Waals surface area contributed by atoms with Gasteiger partial charge >= 0.3 is 11.9 Å². The van der Waals surface area contributed by atoms with Gasteiger partial charge in [0.05, 0.1) is 75.5 Å². The predicted octanol–water partition coefficient (Wildman–Crippen LogP) is 3.08. The van der Waals surface area contributed by atoms with E-state index >= 15 is 0 Å². The molecule has 234 valence electrons. The molecule has 14 nitrogen and oxygen atoms in total. The molecule has 0 amide bonds. The molecular weight excluding hydrogens is 608 g/mol. The number of nitrogens with zero attached hydrogens (tertiary/aromatic N) is 2. The van der Waals surface area contributed by atoms with Crippen LogP contribution in [0.3, 0.4) is 0 Å². The van der Waals surface area contributed by atoms with Gasteiger partial charge in [-0.25, -0.2) is 4.79 Å². The van der Waals surface area contributed by atoms with Gasteiger partial charge in [-0.05, 0) is 30.8 Å². The normalized spacial score (nSPS) is 35.5. The van der Waals surface area contributed by atoms with Crippen LogP contribution in [0.15, 0.2) is 18.2 Å². The minimum Gasteiger partial charge on any atom is -0.469 e. The number of nitro groups is 2. The summed E-state index contributed by atoms with van der Waals surface area (Å²) in [5, 5.41) is 34.4. The Bertz CT molecular complexity index is 1310. The van der Waals surface area contributed by atoms with E-state index in [9.17, 15) is 34.9 Å². The molecule has 3 saturated heterocycles. The molecule has 2 spiro atoms. The molecule has 1 N–H and O–H groups in total. The van der Waals surface area contributed by atoms with E-state index in [0.717, 1.165) is 36.1 Å². The summed E-state index contributed by atoms with van der Waals surface area (Å²) in [6.07, 6.45) is 1.37. The van der Waals surface area contributed by atoms with E-state index in [-0.39, 0.29) is 43.9 Å². The first-order chi connectivity index (χ1) is 20.5. The van der Waals surface area contributed by atoms with Gasteiger partial charge in [-0.3, -0.25) is 25.0 Å². The summed E-state index contributed by atoms with van der Waals surface area (Å²) in [6, 6.07) is 2.58. The molecular formula is C27H32N2O12S2. The van der Waals surface area contributed by atoms with Crippen LogP contribution in [0, 0.1) is 37.0 Å². The Kier molecular flexibility index (Phi) is 7.91. The van der Waals surface area contributed by atoms with Crippen LogP contribution in [0.1, 0.15) is 42.5 Å². The molecule has 0 aromatic heterocycles. The number of ether oxygens (including phenoxy) is 5.